The maximum Gasteiger partial charge on any atom is 0.247 e. The van der Waals surface area contributed by atoms with Crippen LogP contribution in [0.3, 0.4) is 0 Å². The third-order valence-corrected chi connectivity index (χ3v) is 4.83. The minimum Gasteiger partial charge on any atom is -0.344 e. The number of hydrogen-bond donors (Lipinski definition) is 2. The number of amides is 2. The molecule has 1 aromatic rings. The van der Waals surface area contributed by atoms with Gasteiger partial charge in [-0.05, 0) is 42.9 Å². The van der Waals surface area contributed by atoms with Crippen LogP contribution in [0.2, 0.25) is 0 Å². The molecule has 4 nitrogen and oxygen atoms in total. The molecular weight excluding hydrogens is 300 g/mol. The Morgan fingerprint density at radius 2 is 1.88 bits per heavy atom. The summed E-state index contributed by atoms with van der Waals surface area (Å²) in [6, 6.07) is 7.36. The summed E-state index contributed by atoms with van der Waals surface area (Å²) in [5.74, 6) is 0.0105. The number of rotatable bonds is 6. The number of carbonyl (C=O) groups excluding carboxylic acids is 2. The van der Waals surface area contributed by atoms with Crippen LogP contribution in [0.5, 0.6) is 0 Å². The molecule has 1 atom stereocenters. The van der Waals surface area contributed by atoms with Crippen molar-refractivity contribution in [2.45, 2.75) is 65.3 Å². The van der Waals surface area contributed by atoms with E-state index in [1.54, 1.807) is 0 Å². The zero-order chi connectivity index (χ0) is 17.5. The van der Waals surface area contributed by atoms with Crippen molar-refractivity contribution in [2.75, 3.05) is 5.32 Å². The summed E-state index contributed by atoms with van der Waals surface area (Å²) in [6.45, 7) is 6.02. The van der Waals surface area contributed by atoms with E-state index in [4.69, 9.17) is 0 Å². The number of nitrogens with one attached hydrogen (secondary N) is 2. The van der Waals surface area contributed by atoms with Gasteiger partial charge in [-0.1, -0.05) is 52.2 Å². The van der Waals surface area contributed by atoms with E-state index in [2.05, 4.69) is 17.6 Å². The van der Waals surface area contributed by atoms with E-state index in [0.29, 0.717) is 0 Å². The van der Waals surface area contributed by atoms with E-state index >= 15 is 0 Å². The van der Waals surface area contributed by atoms with Crippen molar-refractivity contribution in [3.05, 3.63) is 29.8 Å². The van der Waals surface area contributed by atoms with Gasteiger partial charge in [-0.2, -0.15) is 0 Å². The summed E-state index contributed by atoms with van der Waals surface area (Å²) in [6.07, 6.45) is 6.25. The van der Waals surface area contributed by atoms with Crippen molar-refractivity contribution >= 4 is 17.5 Å². The number of benzene rings is 1. The Kier molecular flexibility index (Phi) is 6.83. The zero-order valence-electron chi connectivity index (χ0n) is 15.1. The molecule has 2 N–H and O–H groups in total. The van der Waals surface area contributed by atoms with Crippen LogP contribution in [-0.2, 0) is 16.0 Å². The predicted molar refractivity (Wildman–Crippen MR) is 97.8 cm³/mol. The Balaban J connectivity index is 2.00. The van der Waals surface area contributed by atoms with Crippen LogP contribution in [0.15, 0.2) is 24.3 Å². The lowest BCUT2D eigenvalue weighted by molar-refractivity contribution is -0.130. The first kappa shape index (κ1) is 18.5. The highest BCUT2D eigenvalue weighted by Gasteiger charge is 2.28. The third kappa shape index (κ3) is 5.08. The molecule has 2 rings (SSSR count). The molecule has 132 valence electrons. The Morgan fingerprint density at radius 3 is 2.50 bits per heavy atom. The molecule has 1 aliphatic rings. The third-order valence-electron chi connectivity index (χ3n) is 4.83. The second-order valence-electron chi connectivity index (χ2n) is 7.11. The molecule has 4 heteroatoms. The molecule has 0 heterocycles. The minimum absolute atomic E-state index is 0.0332. The minimum atomic E-state index is -0.496. The van der Waals surface area contributed by atoms with Gasteiger partial charge in [0.15, 0.2) is 0 Å². The predicted octanol–water partition coefficient (Wildman–Crippen LogP) is 3.91. The summed E-state index contributed by atoms with van der Waals surface area (Å²) in [5.41, 5.74) is 1.97. The van der Waals surface area contributed by atoms with E-state index < -0.39 is 6.04 Å². The fourth-order valence-corrected chi connectivity index (χ4v) is 3.26. The van der Waals surface area contributed by atoms with Gasteiger partial charge in [-0.25, -0.2) is 0 Å². The lowest BCUT2D eigenvalue weighted by Crippen LogP contribution is -2.49. The first-order valence-corrected chi connectivity index (χ1v) is 9.21. The first-order valence-electron chi connectivity index (χ1n) is 9.21. The Labute approximate surface area is 145 Å². The fraction of sp³-hybridized carbons (Fsp3) is 0.600. The molecule has 1 aromatic carbocycles. The molecule has 1 saturated carbocycles. The van der Waals surface area contributed by atoms with Gasteiger partial charge in [0.1, 0.15) is 6.04 Å². The lowest BCUT2D eigenvalue weighted by Gasteiger charge is -2.26. The highest BCUT2D eigenvalue weighted by Crippen LogP contribution is 2.24. The Bertz CT molecular complexity index is 563. The van der Waals surface area contributed by atoms with Gasteiger partial charge in [-0.15, -0.1) is 0 Å². The van der Waals surface area contributed by atoms with Crippen LogP contribution in [0.4, 0.5) is 5.69 Å². The molecule has 0 bridgehead atoms. The van der Waals surface area contributed by atoms with Gasteiger partial charge in [0.25, 0.3) is 0 Å². The van der Waals surface area contributed by atoms with E-state index in [1.165, 1.54) is 12.0 Å². The number of anilines is 1. The topological polar surface area (TPSA) is 58.2 Å². The summed E-state index contributed by atoms with van der Waals surface area (Å²) in [7, 11) is 0. The second kappa shape index (κ2) is 8.86. The standard InChI is InChI=1S/C20H30N2O2/c1-4-15-9-8-12-17(13-15)21-20(24)18(14(2)3)22-19(23)16-10-6-5-7-11-16/h8-9,12-14,16,18H,4-7,10-11H2,1-3H3,(H,21,24)(H,22,23)/t18-/m0/s1. The molecule has 24 heavy (non-hydrogen) atoms. The summed E-state index contributed by atoms with van der Waals surface area (Å²) >= 11 is 0. The molecular formula is C20H30N2O2. The molecule has 2 amide bonds. The van der Waals surface area contributed by atoms with Crippen molar-refractivity contribution in [1.82, 2.24) is 5.32 Å². The van der Waals surface area contributed by atoms with Gasteiger partial charge in [0.2, 0.25) is 11.8 Å². The van der Waals surface area contributed by atoms with Gasteiger partial charge >= 0.3 is 0 Å². The molecule has 0 unspecified atom stereocenters. The van der Waals surface area contributed by atoms with Gasteiger partial charge in [-0.3, -0.25) is 9.59 Å². The fourth-order valence-electron chi connectivity index (χ4n) is 3.26. The normalized spacial score (nSPS) is 16.7. The monoisotopic (exact) mass is 330 g/mol. The van der Waals surface area contributed by atoms with Crippen LogP contribution in [0.25, 0.3) is 0 Å². The molecule has 1 fully saturated rings. The van der Waals surface area contributed by atoms with Crippen molar-refractivity contribution in [3.8, 4) is 0 Å². The van der Waals surface area contributed by atoms with Gasteiger partial charge in [0, 0.05) is 11.6 Å². The van der Waals surface area contributed by atoms with Crippen LogP contribution in [-0.4, -0.2) is 17.9 Å². The maximum atomic E-state index is 12.6. The molecule has 0 saturated heterocycles. The van der Waals surface area contributed by atoms with Gasteiger partial charge in [0.05, 0.1) is 0 Å². The quantitative estimate of drug-likeness (QED) is 0.831. The average Bonchev–Trinajstić information content (AvgIpc) is 2.60. The van der Waals surface area contributed by atoms with Crippen LogP contribution >= 0.6 is 0 Å². The highest BCUT2D eigenvalue weighted by molar-refractivity contribution is 5.97. The summed E-state index contributed by atoms with van der Waals surface area (Å²) < 4.78 is 0. The number of carbonyl (C=O) groups is 2. The van der Waals surface area contributed by atoms with Crippen molar-refractivity contribution in [1.29, 1.82) is 0 Å². The van der Waals surface area contributed by atoms with E-state index in [9.17, 15) is 9.59 Å². The van der Waals surface area contributed by atoms with E-state index in [-0.39, 0.29) is 23.7 Å². The maximum absolute atomic E-state index is 12.6. The van der Waals surface area contributed by atoms with Crippen LogP contribution in [0.1, 0.15) is 58.4 Å². The van der Waals surface area contributed by atoms with Crippen LogP contribution in [0, 0.1) is 11.8 Å². The SMILES string of the molecule is CCc1cccc(NC(=O)[C@@H](NC(=O)C2CCCCC2)C(C)C)c1. The molecule has 1 aliphatic carbocycles. The van der Waals surface area contributed by atoms with Crippen LogP contribution < -0.4 is 10.6 Å². The number of aryl methyl sites for hydroxylation is 1. The lowest BCUT2D eigenvalue weighted by atomic mass is 9.88. The molecule has 0 spiro atoms. The largest absolute Gasteiger partial charge is 0.344 e. The first-order chi connectivity index (χ1) is 11.5. The Morgan fingerprint density at radius 1 is 1.17 bits per heavy atom. The Hall–Kier alpha value is -1.84. The van der Waals surface area contributed by atoms with E-state index in [0.717, 1.165) is 37.8 Å². The van der Waals surface area contributed by atoms with E-state index in [1.807, 2.05) is 38.1 Å². The molecule has 0 aromatic heterocycles. The summed E-state index contributed by atoms with van der Waals surface area (Å²) in [5, 5.41) is 5.94. The molecule has 0 radical (unpaired) electrons. The smallest absolute Gasteiger partial charge is 0.247 e. The van der Waals surface area contributed by atoms with Gasteiger partial charge < -0.3 is 10.6 Å². The van der Waals surface area contributed by atoms with Crippen molar-refractivity contribution < 1.29 is 9.59 Å². The zero-order valence-corrected chi connectivity index (χ0v) is 15.1. The molecule has 0 aliphatic heterocycles. The summed E-state index contributed by atoms with van der Waals surface area (Å²) in [4.78, 5) is 25.1. The second-order valence-corrected chi connectivity index (χ2v) is 7.11. The number of hydrogen-bond acceptors (Lipinski definition) is 2. The average molecular weight is 330 g/mol. The van der Waals surface area contributed by atoms with Crippen molar-refractivity contribution in [3.63, 3.8) is 0 Å². The van der Waals surface area contributed by atoms with Crippen molar-refractivity contribution in [2.24, 2.45) is 11.8 Å². The highest BCUT2D eigenvalue weighted by atomic mass is 16.2.